The van der Waals surface area contributed by atoms with Crippen LogP contribution in [0.15, 0.2) is 28.0 Å². The monoisotopic (exact) mass is 422 g/mol. The average Bonchev–Trinajstić information content (AvgIpc) is 3.08. The molecule has 0 unspecified atom stereocenters. The minimum atomic E-state index is -3.76. The molecule has 1 aliphatic heterocycles. The summed E-state index contributed by atoms with van der Waals surface area (Å²) in [5.74, 6) is 0. The molecule has 152 valence electrons. The second kappa shape index (κ2) is 6.86. The first-order valence-corrected chi connectivity index (χ1v) is 12.0. The van der Waals surface area contributed by atoms with Crippen LogP contribution in [0.5, 0.6) is 0 Å². The van der Waals surface area contributed by atoms with E-state index < -0.39 is 20.0 Å². The quantitative estimate of drug-likeness (QED) is 0.821. The SMILES string of the molecule is CNS(=O)(=O)c1ccc2c(c1)CCN2S(=O)(=O)c1c(C)c(C)c(C)c(C)c1C. The first kappa shape index (κ1) is 20.8. The van der Waals surface area contributed by atoms with E-state index in [4.69, 9.17) is 0 Å². The normalized spacial score (nSPS) is 14.4. The first-order chi connectivity index (χ1) is 12.9. The summed E-state index contributed by atoms with van der Waals surface area (Å²) >= 11 is 0. The summed E-state index contributed by atoms with van der Waals surface area (Å²) in [6, 6.07) is 4.59. The van der Waals surface area contributed by atoms with Gasteiger partial charge in [0, 0.05) is 6.54 Å². The zero-order chi connectivity index (χ0) is 21.0. The summed E-state index contributed by atoms with van der Waals surface area (Å²) in [5, 5.41) is 0. The molecule has 8 heteroatoms. The predicted molar refractivity (Wildman–Crippen MR) is 111 cm³/mol. The maximum atomic E-state index is 13.6. The number of nitrogens with one attached hydrogen (secondary N) is 1. The highest BCUT2D eigenvalue weighted by atomic mass is 32.2. The van der Waals surface area contributed by atoms with Crippen LogP contribution in [-0.2, 0) is 26.5 Å². The van der Waals surface area contributed by atoms with E-state index in [-0.39, 0.29) is 4.90 Å². The second-order valence-corrected chi connectivity index (χ2v) is 11.0. The minimum Gasteiger partial charge on any atom is -0.266 e. The molecule has 2 aromatic rings. The third kappa shape index (κ3) is 3.03. The lowest BCUT2D eigenvalue weighted by Crippen LogP contribution is -2.31. The van der Waals surface area contributed by atoms with Gasteiger partial charge in [0.2, 0.25) is 10.0 Å². The Morgan fingerprint density at radius 2 is 1.39 bits per heavy atom. The lowest BCUT2D eigenvalue weighted by atomic mass is 9.95. The minimum absolute atomic E-state index is 0.141. The van der Waals surface area contributed by atoms with Crippen molar-refractivity contribution in [3.05, 3.63) is 51.6 Å². The molecule has 3 rings (SSSR count). The molecule has 1 heterocycles. The Kier molecular flexibility index (Phi) is 5.10. The van der Waals surface area contributed by atoms with Gasteiger partial charge in [-0.15, -0.1) is 0 Å². The molecular weight excluding hydrogens is 396 g/mol. The zero-order valence-electron chi connectivity index (χ0n) is 17.0. The lowest BCUT2D eigenvalue weighted by molar-refractivity contribution is 0.587. The van der Waals surface area contributed by atoms with Crippen LogP contribution >= 0.6 is 0 Å². The topological polar surface area (TPSA) is 83.6 Å². The summed E-state index contributed by atoms with van der Waals surface area (Å²) in [5.41, 5.74) is 5.87. The molecule has 1 N–H and O–H groups in total. The molecule has 0 amide bonds. The van der Waals surface area contributed by atoms with Crippen molar-refractivity contribution in [2.75, 3.05) is 17.9 Å². The highest BCUT2D eigenvalue weighted by Crippen LogP contribution is 2.38. The largest absolute Gasteiger partial charge is 0.266 e. The van der Waals surface area contributed by atoms with E-state index in [9.17, 15) is 16.8 Å². The van der Waals surface area contributed by atoms with Gasteiger partial charge in [-0.2, -0.15) is 0 Å². The molecule has 0 saturated heterocycles. The Hall–Kier alpha value is -1.90. The third-order valence-electron chi connectivity index (χ3n) is 5.96. The summed E-state index contributed by atoms with van der Waals surface area (Å²) in [4.78, 5) is 0.496. The smallest absolute Gasteiger partial charge is 0.264 e. The van der Waals surface area contributed by atoms with E-state index in [0.717, 1.165) is 33.4 Å². The van der Waals surface area contributed by atoms with E-state index in [0.29, 0.717) is 23.5 Å². The van der Waals surface area contributed by atoms with E-state index in [2.05, 4.69) is 4.72 Å². The van der Waals surface area contributed by atoms with Gasteiger partial charge in [-0.3, -0.25) is 4.31 Å². The molecule has 0 saturated carbocycles. The molecule has 0 atom stereocenters. The highest BCUT2D eigenvalue weighted by Gasteiger charge is 2.34. The Morgan fingerprint density at radius 1 is 0.857 bits per heavy atom. The van der Waals surface area contributed by atoms with Crippen LogP contribution in [0.2, 0.25) is 0 Å². The van der Waals surface area contributed by atoms with Crippen LogP contribution in [0, 0.1) is 34.6 Å². The van der Waals surface area contributed by atoms with Gasteiger partial charge in [-0.05, 0) is 99.7 Å². The van der Waals surface area contributed by atoms with Crippen LogP contribution in [0.25, 0.3) is 0 Å². The summed E-state index contributed by atoms with van der Waals surface area (Å²) in [6.07, 6.45) is 0.476. The molecule has 6 nitrogen and oxygen atoms in total. The van der Waals surface area contributed by atoms with Crippen LogP contribution < -0.4 is 9.03 Å². The van der Waals surface area contributed by atoms with Crippen molar-refractivity contribution < 1.29 is 16.8 Å². The lowest BCUT2D eigenvalue weighted by Gasteiger charge is -2.25. The Labute approximate surface area is 167 Å². The Bertz CT molecular complexity index is 1150. The van der Waals surface area contributed by atoms with Crippen molar-refractivity contribution in [2.45, 2.75) is 50.8 Å². The fraction of sp³-hybridized carbons (Fsp3) is 0.400. The number of benzene rings is 2. The van der Waals surface area contributed by atoms with Gasteiger partial charge in [0.1, 0.15) is 0 Å². The predicted octanol–water partition coefficient (Wildman–Crippen LogP) is 2.89. The van der Waals surface area contributed by atoms with Crippen molar-refractivity contribution in [2.24, 2.45) is 0 Å². The molecule has 2 aromatic carbocycles. The van der Waals surface area contributed by atoms with Gasteiger partial charge < -0.3 is 0 Å². The highest BCUT2D eigenvalue weighted by molar-refractivity contribution is 7.93. The summed E-state index contributed by atoms with van der Waals surface area (Å²) < 4.78 is 55.0. The van der Waals surface area contributed by atoms with Gasteiger partial charge >= 0.3 is 0 Å². The van der Waals surface area contributed by atoms with Crippen LogP contribution in [0.3, 0.4) is 0 Å². The number of hydrogen-bond acceptors (Lipinski definition) is 4. The van der Waals surface area contributed by atoms with Crippen molar-refractivity contribution in [3.63, 3.8) is 0 Å². The number of fused-ring (bicyclic) bond motifs is 1. The van der Waals surface area contributed by atoms with Gasteiger partial charge in [0.05, 0.1) is 15.5 Å². The van der Waals surface area contributed by atoms with Gasteiger partial charge in [-0.1, -0.05) is 0 Å². The van der Waals surface area contributed by atoms with E-state index >= 15 is 0 Å². The molecule has 0 radical (unpaired) electrons. The fourth-order valence-corrected chi connectivity index (χ4v) is 6.69. The number of nitrogens with zero attached hydrogens (tertiary/aromatic N) is 1. The van der Waals surface area contributed by atoms with Gasteiger partial charge in [-0.25, -0.2) is 21.6 Å². The Morgan fingerprint density at radius 3 is 1.93 bits per heavy atom. The van der Waals surface area contributed by atoms with Gasteiger partial charge in [0.25, 0.3) is 10.0 Å². The van der Waals surface area contributed by atoms with Crippen molar-refractivity contribution in [1.82, 2.24) is 4.72 Å². The van der Waals surface area contributed by atoms with E-state index in [1.807, 2.05) is 34.6 Å². The molecule has 0 fully saturated rings. The summed E-state index contributed by atoms with van der Waals surface area (Å²) in [6.45, 7) is 9.90. The van der Waals surface area contributed by atoms with Crippen molar-refractivity contribution in [3.8, 4) is 0 Å². The molecule has 1 aliphatic rings. The number of hydrogen-bond donors (Lipinski definition) is 1. The molecule has 0 aliphatic carbocycles. The Balaban J connectivity index is 2.16. The molecule has 0 bridgehead atoms. The van der Waals surface area contributed by atoms with Crippen LogP contribution in [-0.4, -0.2) is 30.4 Å². The molecule has 0 aromatic heterocycles. The molecule has 28 heavy (non-hydrogen) atoms. The first-order valence-electron chi connectivity index (χ1n) is 9.09. The van der Waals surface area contributed by atoms with E-state index in [1.54, 1.807) is 12.1 Å². The molecule has 0 spiro atoms. The summed E-state index contributed by atoms with van der Waals surface area (Å²) in [7, 11) is -5.98. The van der Waals surface area contributed by atoms with Gasteiger partial charge in [0.15, 0.2) is 0 Å². The van der Waals surface area contributed by atoms with Crippen LogP contribution in [0.1, 0.15) is 33.4 Å². The number of rotatable bonds is 4. The molecular formula is C20H26N2O4S2. The number of sulfonamides is 2. The maximum Gasteiger partial charge on any atom is 0.264 e. The van der Waals surface area contributed by atoms with Crippen LogP contribution in [0.4, 0.5) is 5.69 Å². The zero-order valence-corrected chi connectivity index (χ0v) is 18.7. The fourth-order valence-electron chi connectivity index (χ4n) is 3.85. The van der Waals surface area contributed by atoms with E-state index in [1.165, 1.54) is 17.4 Å². The van der Waals surface area contributed by atoms with Crippen molar-refractivity contribution in [1.29, 1.82) is 0 Å². The average molecular weight is 423 g/mol. The second-order valence-electron chi connectivity index (χ2n) is 7.28. The maximum absolute atomic E-state index is 13.6. The number of anilines is 1. The van der Waals surface area contributed by atoms with Crippen molar-refractivity contribution >= 4 is 25.7 Å². The standard InChI is InChI=1S/C20H26N2O4S2/c1-12-13(2)15(4)20(16(5)14(12)3)28(25,26)22-10-9-17-11-18(7-8-19(17)22)27(23,24)21-6/h7-8,11,21H,9-10H2,1-6H3. The third-order valence-corrected chi connectivity index (χ3v) is 9.46.